The van der Waals surface area contributed by atoms with Crippen molar-refractivity contribution in [2.24, 2.45) is 11.7 Å². The van der Waals surface area contributed by atoms with Gasteiger partial charge in [-0.3, -0.25) is 4.98 Å². The van der Waals surface area contributed by atoms with Crippen LogP contribution in [0.2, 0.25) is 0 Å². The topological polar surface area (TPSA) is 67.9 Å². The normalized spacial score (nSPS) is 19.1. The molecule has 20 heavy (non-hydrogen) atoms. The van der Waals surface area contributed by atoms with Gasteiger partial charge in [-0.1, -0.05) is 0 Å². The van der Waals surface area contributed by atoms with Crippen LogP contribution in [-0.4, -0.2) is 34.8 Å². The van der Waals surface area contributed by atoms with Crippen molar-refractivity contribution in [3.05, 3.63) is 36.7 Å². The summed E-state index contributed by atoms with van der Waals surface area (Å²) < 4.78 is 0. The van der Waals surface area contributed by atoms with E-state index in [-0.39, 0.29) is 0 Å². The van der Waals surface area contributed by atoms with Gasteiger partial charge in [0.15, 0.2) is 5.82 Å². The lowest BCUT2D eigenvalue weighted by Gasteiger charge is -2.32. The molecule has 3 rings (SSSR count). The molecule has 0 saturated carbocycles. The van der Waals surface area contributed by atoms with Gasteiger partial charge < -0.3 is 10.6 Å². The van der Waals surface area contributed by atoms with Gasteiger partial charge in [-0.05, 0) is 49.6 Å². The Labute approximate surface area is 118 Å². The number of anilines is 1. The average molecular weight is 269 g/mol. The summed E-state index contributed by atoms with van der Waals surface area (Å²) in [5.41, 5.74) is 7.69. The van der Waals surface area contributed by atoms with Gasteiger partial charge >= 0.3 is 0 Å². The number of aromatic nitrogens is 3. The Morgan fingerprint density at radius 3 is 2.70 bits per heavy atom. The largest absolute Gasteiger partial charge is 0.355 e. The zero-order chi connectivity index (χ0) is 13.8. The minimum absolute atomic E-state index is 0.574. The Kier molecular flexibility index (Phi) is 3.87. The van der Waals surface area contributed by atoms with Crippen molar-refractivity contribution in [2.45, 2.75) is 12.8 Å². The quantitative estimate of drug-likeness (QED) is 0.918. The number of nitrogens with two attached hydrogens (primary N) is 1. The number of pyridine rings is 1. The third-order valence-electron chi connectivity index (χ3n) is 3.80. The molecular formula is C15H19N5. The lowest BCUT2D eigenvalue weighted by atomic mass is 9.98. The van der Waals surface area contributed by atoms with E-state index in [4.69, 9.17) is 5.73 Å². The summed E-state index contributed by atoms with van der Waals surface area (Å²) in [6.45, 7) is 2.78. The monoisotopic (exact) mass is 269 g/mol. The Morgan fingerprint density at radius 2 is 2.00 bits per heavy atom. The molecule has 0 aliphatic carbocycles. The third-order valence-corrected chi connectivity index (χ3v) is 3.80. The first-order valence-electron chi connectivity index (χ1n) is 7.06. The molecule has 2 N–H and O–H groups in total. The molecular weight excluding hydrogens is 250 g/mol. The highest BCUT2D eigenvalue weighted by molar-refractivity contribution is 5.58. The lowest BCUT2D eigenvalue weighted by molar-refractivity contribution is 0.421. The molecule has 1 aliphatic heterocycles. The summed E-state index contributed by atoms with van der Waals surface area (Å²) in [5, 5.41) is 8.69. The highest BCUT2D eigenvalue weighted by atomic mass is 15.3. The standard InChI is InChI=1S/C15H19N5/c16-10-12-2-1-9-20(11-12)15-4-3-14(18-19-15)13-5-7-17-8-6-13/h3-8,12H,1-2,9-11,16H2. The van der Waals surface area contributed by atoms with Crippen molar-refractivity contribution in [3.8, 4) is 11.3 Å². The first-order valence-corrected chi connectivity index (χ1v) is 7.06. The maximum Gasteiger partial charge on any atom is 0.151 e. The van der Waals surface area contributed by atoms with Crippen LogP contribution in [0.5, 0.6) is 0 Å². The molecule has 1 atom stereocenters. The van der Waals surface area contributed by atoms with Gasteiger partial charge in [0.05, 0.1) is 5.69 Å². The minimum atomic E-state index is 0.574. The van der Waals surface area contributed by atoms with Gasteiger partial charge in [0, 0.05) is 31.0 Å². The van der Waals surface area contributed by atoms with Crippen LogP contribution in [-0.2, 0) is 0 Å². The van der Waals surface area contributed by atoms with E-state index >= 15 is 0 Å². The van der Waals surface area contributed by atoms with Crippen molar-refractivity contribution >= 4 is 5.82 Å². The summed E-state index contributed by atoms with van der Waals surface area (Å²) >= 11 is 0. The lowest BCUT2D eigenvalue weighted by Crippen LogP contribution is -2.38. The molecule has 0 radical (unpaired) electrons. The highest BCUT2D eigenvalue weighted by Crippen LogP contribution is 2.22. The Morgan fingerprint density at radius 1 is 1.15 bits per heavy atom. The summed E-state index contributed by atoms with van der Waals surface area (Å²) in [4.78, 5) is 6.29. The number of nitrogens with zero attached hydrogens (tertiary/aromatic N) is 4. The predicted octanol–water partition coefficient (Wildman–Crippen LogP) is 1.71. The molecule has 0 bridgehead atoms. The average Bonchev–Trinajstić information content (AvgIpc) is 2.56. The molecule has 1 aliphatic rings. The van der Waals surface area contributed by atoms with E-state index in [1.54, 1.807) is 12.4 Å². The Hall–Kier alpha value is -2.01. The maximum atomic E-state index is 5.78. The summed E-state index contributed by atoms with van der Waals surface area (Å²) in [5.74, 6) is 1.52. The van der Waals surface area contributed by atoms with Crippen molar-refractivity contribution in [2.75, 3.05) is 24.5 Å². The van der Waals surface area contributed by atoms with Crippen molar-refractivity contribution in [1.82, 2.24) is 15.2 Å². The van der Waals surface area contributed by atoms with Crippen molar-refractivity contribution in [3.63, 3.8) is 0 Å². The predicted molar refractivity (Wildman–Crippen MR) is 79.3 cm³/mol. The molecule has 1 fully saturated rings. The summed E-state index contributed by atoms with van der Waals surface area (Å²) in [6.07, 6.45) is 5.92. The molecule has 1 saturated heterocycles. The molecule has 104 valence electrons. The Bertz CT molecular complexity index is 540. The van der Waals surface area contributed by atoms with Crippen molar-refractivity contribution in [1.29, 1.82) is 0 Å². The van der Waals surface area contributed by atoms with E-state index in [1.807, 2.05) is 24.3 Å². The molecule has 0 spiro atoms. The van der Waals surface area contributed by atoms with Gasteiger partial charge in [0.25, 0.3) is 0 Å². The van der Waals surface area contributed by atoms with Gasteiger partial charge in [0.1, 0.15) is 0 Å². The summed E-state index contributed by atoms with van der Waals surface area (Å²) in [7, 11) is 0. The molecule has 2 aromatic rings. The molecule has 5 nitrogen and oxygen atoms in total. The fraction of sp³-hybridized carbons (Fsp3) is 0.400. The number of rotatable bonds is 3. The van der Waals surface area contributed by atoms with Gasteiger partial charge in [-0.2, -0.15) is 0 Å². The van der Waals surface area contributed by atoms with E-state index in [0.29, 0.717) is 5.92 Å². The van der Waals surface area contributed by atoms with Gasteiger partial charge in [0.2, 0.25) is 0 Å². The van der Waals surface area contributed by atoms with E-state index in [0.717, 1.165) is 36.7 Å². The van der Waals surface area contributed by atoms with E-state index in [2.05, 4.69) is 20.1 Å². The second kappa shape index (κ2) is 5.96. The molecule has 1 unspecified atom stereocenters. The number of hydrogen-bond donors (Lipinski definition) is 1. The van der Waals surface area contributed by atoms with E-state index < -0.39 is 0 Å². The van der Waals surface area contributed by atoms with Gasteiger partial charge in [-0.15, -0.1) is 10.2 Å². The van der Waals surface area contributed by atoms with Crippen LogP contribution in [0.15, 0.2) is 36.7 Å². The zero-order valence-electron chi connectivity index (χ0n) is 11.4. The highest BCUT2D eigenvalue weighted by Gasteiger charge is 2.19. The molecule has 0 aromatic carbocycles. The Balaban J connectivity index is 1.76. The maximum absolute atomic E-state index is 5.78. The second-order valence-electron chi connectivity index (χ2n) is 5.20. The fourth-order valence-electron chi connectivity index (χ4n) is 2.64. The number of piperidine rings is 1. The number of hydrogen-bond acceptors (Lipinski definition) is 5. The molecule has 5 heteroatoms. The van der Waals surface area contributed by atoms with Crippen LogP contribution in [0.4, 0.5) is 5.82 Å². The van der Waals surface area contributed by atoms with Gasteiger partial charge in [-0.25, -0.2) is 0 Å². The summed E-state index contributed by atoms with van der Waals surface area (Å²) in [6, 6.07) is 7.94. The molecule has 2 aromatic heterocycles. The smallest absolute Gasteiger partial charge is 0.151 e. The van der Waals surface area contributed by atoms with E-state index in [9.17, 15) is 0 Å². The second-order valence-corrected chi connectivity index (χ2v) is 5.20. The zero-order valence-corrected chi connectivity index (χ0v) is 11.4. The molecule has 0 amide bonds. The SMILES string of the molecule is NCC1CCCN(c2ccc(-c3ccncc3)nn2)C1. The van der Waals surface area contributed by atoms with Crippen LogP contribution in [0.1, 0.15) is 12.8 Å². The van der Waals surface area contributed by atoms with Crippen LogP contribution in [0.25, 0.3) is 11.3 Å². The fourth-order valence-corrected chi connectivity index (χ4v) is 2.64. The van der Waals surface area contributed by atoms with E-state index in [1.165, 1.54) is 12.8 Å². The van der Waals surface area contributed by atoms with Crippen LogP contribution >= 0.6 is 0 Å². The van der Waals surface area contributed by atoms with Crippen LogP contribution < -0.4 is 10.6 Å². The first-order chi connectivity index (χ1) is 9.86. The minimum Gasteiger partial charge on any atom is -0.355 e. The van der Waals surface area contributed by atoms with Crippen LogP contribution in [0, 0.1) is 5.92 Å². The van der Waals surface area contributed by atoms with Crippen molar-refractivity contribution < 1.29 is 0 Å². The van der Waals surface area contributed by atoms with Crippen LogP contribution in [0.3, 0.4) is 0 Å². The molecule has 3 heterocycles. The third kappa shape index (κ3) is 2.77. The first kappa shape index (κ1) is 13.0.